The van der Waals surface area contributed by atoms with E-state index in [9.17, 15) is 4.79 Å². The third-order valence-corrected chi connectivity index (χ3v) is 7.79. The van der Waals surface area contributed by atoms with Crippen molar-refractivity contribution in [2.45, 2.75) is 27.7 Å². The van der Waals surface area contributed by atoms with Gasteiger partial charge in [-0.25, -0.2) is 4.99 Å². The highest BCUT2D eigenvalue weighted by atomic mass is 79.9. The van der Waals surface area contributed by atoms with Crippen molar-refractivity contribution in [1.29, 1.82) is 0 Å². The quantitative estimate of drug-likeness (QED) is 0.348. The van der Waals surface area contributed by atoms with Crippen molar-refractivity contribution in [3.8, 4) is 5.69 Å². The standard InChI is InChI=1S/C24H21Br2N3OS/c1-13-5-8-18(11-14(13)2)27-24-28-23(30)21(31-24)12-20-15(3)29(16(4)22(20)26)19-9-6-17(25)7-10-19/h5-12H,1-4H3,(H,27,28,30)/b21-12-. The lowest BCUT2D eigenvalue weighted by Gasteiger charge is -2.09. The fraction of sp³-hybridized carbons (Fsp3) is 0.167. The number of aliphatic imine (C=N–C) groups is 1. The SMILES string of the molecule is Cc1ccc(N=C2NC(=O)/C(=C/c3c(Br)c(C)n(-c4ccc(Br)cc4)c3C)S2)cc1C. The maximum absolute atomic E-state index is 12.6. The van der Waals surface area contributed by atoms with Crippen molar-refractivity contribution in [2.24, 2.45) is 4.99 Å². The van der Waals surface area contributed by atoms with E-state index in [1.54, 1.807) is 0 Å². The first-order valence-electron chi connectivity index (χ1n) is 9.75. The van der Waals surface area contributed by atoms with E-state index in [1.165, 1.54) is 22.9 Å². The number of aromatic nitrogens is 1. The third-order valence-electron chi connectivity index (χ3n) is 5.35. The Morgan fingerprint density at radius 1 is 0.968 bits per heavy atom. The van der Waals surface area contributed by atoms with Crippen molar-refractivity contribution < 1.29 is 4.79 Å². The van der Waals surface area contributed by atoms with Gasteiger partial charge in [-0.2, -0.15) is 0 Å². The molecule has 0 atom stereocenters. The summed E-state index contributed by atoms with van der Waals surface area (Å²) in [6.07, 6.45) is 1.94. The maximum Gasteiger partial charge on any atom is 0.264 e. The van der Waals surface area contributed by atoms with Gasteiger partial charge >= 0.3 is 0 Å². The molecule has 1 aliphatic heterocycles. The molecule has 1 aromatic heterocycles. The minimum absolute atomic E-state index is 0.132. The highest BCUT2D eigenvalue weighted by molar-refractivity contribution is 9.10. The smallest absolute Gasteiger partial charge is 0.264 e. The predicted octanol–water partition coefficient (Wildman–Crippen LogP) is 7.13. The molecule has 0 bridgehead atoms. The fourth-order valence-corrected chi connectivity index (χ4v) is 5.16. The molecule has 1 aliphatic rings. The largest absolute Gasteiger partial charge is 0.317 e. The number of nitrogens with zero attached hydrogens (tertiary/aromatic N) is 2. The van der Waals surface area contributed by atoms with Gasteiger partial charge in [-0.1, -0.05) is 22.0 Å². The zero-order valence-electron chi connectivity index (χ0n) is 17.6. The van der Waals surface area contributed by atoms with Crippen LogP contribution in [0.25, 0.3) is 11.8 Å². The van der Waals surface area contributed by atoms with Gasteiger partial charge in [0.15, 0.2) is 5.17 Å². The molecule has 1 amide bonds. The Hall–Kier alpha value is -2.09. The predicted molar refractivity (Wildman–Crippen MR) is 137 cm³/mol. The molecule has 0 spiro atoms. The third kappa shape index (κ3) is 4.45. The van der Waals surface area contributed by atoms with Crippen LogP contribution in [0.5, 0.6) is 0 Å². The van der Waals surface area contributed by atoms with Crippen LogP contribution in [-0.2, 0) is 4.79 Å². The van der Waals surface area contributed by atoms with E-state index in [4.69, 9.17) is 0 Å². The monoisotopic (exact) mass is 557 g/mol. The Labute approximate surface area is 203 Å². The number of amidine groups is 1. The number of amides is 1. The Balaban J connectivity index is 1.68. The van der Waals surface area contributed by atoms with Crippen molar-refractivity contribution in [1.82, 2.24) is 9.88 Å². The first-order valence-corrected chi connectivity index (χ1v) is 12.1. The number of aryl methyl sites for hydroxylation is 2. The fourth-order valence-electron chi connectivity index (χ4n) is 3.49. The molecule has 4 rings (SSSR count). The van der Waals surface area contributed by atoms with E-state index >= 15 is 0 Å². The Kier molecular flexibility index (Phi) is 6.28. The summed E-state index contributed by atoms with van der Waals surface area (Å²) in [6, 6.07) is 14.2. The molecule has 3 aromatic rings. The Morgan fingerprint density at radius 3 is 2.35 bits per heavy atom. The lowest BCUT2D eigenvalue weighted by molar-refractivity contribution is -0.115. The van der Waals surface area contributed by atoms with Crippen LogP contribution in [0, 0.1) is 27.7 Å². The number of thioether (sulfide) groups is 1. The number of hydrogen-bond donors (Lipinski definition) is 1. The number of benzene rings is 2. The highest BCUT2D eigenvalue weighted by Gasteiger charge is 2.26. The van der Waals surface area contributed by atoms with E-state index in [-0.39, 0.29) is 5.91 Å². The molecule has 2 aromatic carbocycles. The summed E-state index contributed by atoms with van der Waals surface area (Å²) in [7, 11) is 0. The molecular weight excluding hydrogens is 538 g/mol. The summed E-state index contributed by atoms with van der Waals surface area (Å²) in [5.41, 5.74) is 7.44. The van der Waals surface area contributed by atoms with Crippen LogP contribution in [0.2, 0.25) is 0 Å². The molecule has 1 saturated heterocycles. The second-order valence-electron chi connectivity index (χ2n) is 7.46. The van der Waals surface area contributed by atoms with E-state index in [1.807, 2.05) is 36.4 Å². The van der Waals surface area contributed by atoms with Crippen molar-refractivity contribution >= 4 is 66.5 Å². The van der Waals surface area contributed by atoms with Gasteiger partial charge in [0, 0.05) is 31.6 Å². The van der Waals surface area contributed by atoms with Gasteiger partial charge in [0.2, 0.25) is 0 Å². The van der Waals surface area contributed by atoms with Crippen molar-refractivity contribution in [2.75, 3.05) is 0 Å². The number of nitrogens with one attached hydrogen (secondary N) is 1. The average molecular weight is 559 g/mol. The lowest BCUT2D eigenvalue weighted by atomic mass is 10.1. The van der Waals surface area contributed by atoms with Gasteiger partial charge in [-0.15, -0.1) is 0 Å². The van der Waals surface area contributed by atoms with Gasteiger partial charge in [0.05, 0.1) is 10.6 Å². The minimum Gasteiger partial charge on any atom is -0.317 e. The van der Waals surface area contributed by atoms with Crippen LogP contribution in [0.3, 0.4) is 0 Å². The number of halogens is 2. The van der Waals surface area contributed by atoms with Gasteiger partial charge in [-0.3, -0.25) is 4.79 Å². The molecule has 31 heavy (non-hydrogen) atoms. The van der Waals surface area contributed by atoms with Crippen molar-refractivity contribution in [3.63, 3.8) is 0 Å². The van der Waals surface area contributed by atoms with Gasteiger partial charge in [0.25, 0.3) is 5.91 Å². The number of carbonyl (C=O) groups excluding carboxylic acids is 1. The van der Waals surface area contributed by atoms with E-state index < -0.39 is 0 Å². The summed E-state index contributed by atoms with van der Waals surface area (Å²) < 4.78 is 4.20. The lowest BCUT2D eigenvalue weighted by Crippen LogP contribution is -2.19. The first-order chi connectivity index (χ1) is 14.7. The average Bonchev–Trinajstić information content (AvgIpc) is 3.17. The number of hydrogen-bond acceptors (Lipinski definition) is 3. The molecule has 1 N–H and O–H groups in total. The van der Waals surface area contributed by atoms with Crippen LogP contribution in [0.15, 0.2) is 61.3 Å². The molecule has 158 valence electrons. The Bertz CT molecular complexity index is 1260. The van der Waals surface area contributed by atoms with Gasteiger partial charge in [-0.05, 0) is 109 Å². The molecule has 0 saturated carbocycles. The van der Waals surface area contributed by atoms with Gasteiger partial charge in [0.1, 0.15) is 0 Å². The van der Waals surface area contributed by atoms with Crippen LogP contribution >= 0.6 is 43.6 Å². The molecule has 2 heterocycles. The summed E-state index contributed by atoms with van der Waals surface area (Å²) in [5, 5.41) is 3.48. The zero-order chi connectivity index (χ0) is 22.3. The van der Waals surface area contributed by atoms with Gasteiger partial charge < -0.3 is 9.88 Å². The molecule has 0 radical (unpaired) electrons. The normalized spacial score (nSPS) is 16.4. The van der Waals surface area contributed by atoms with Crippen LogP contribution in [0.1, 0.15) is 28.1 Å². The molecule has 7 heteroatoms. The van der Waals surface area contributed by atoms with E-state index in [0.717, 1.165) is 37.3 Å². The van der Waals surface area contributed by atoms with Crippen molar-refractivity contribution in [3.05, 3.63) is 84.4 Å². The second kappa shape index (κ2) is 8.81. The summed E-state index contributed by atoms with van der Waals surface area (Å²) in [5.74, 6) is -0.132. The van der Waals surface area contributed by atoms with Crippen LogP contribution < -0.4 is 5.32 Å². The molecule has 0 unspecified atom stereocenters. The Morgan fingerprint density at radius 2 is 1.68 bits per heavy atom. The minimum atomic E-state index is -0.132. The van der Waals surface area contributed by atoms with E-state index in [2.05, 4.69) is 86.6 Å². The molecule has 1 fully saturated rings. The summed E-state index contributed by atoms with van der Waals surface area (Å²) in [6.45, 7) is 8.26. The number of rotatable bonds is 3. The number of carbonyl (C=O) groups is 1. The second-order valence-corrected chi connectivity index (χ2v) is 10.2. The zero-order valence-corrected chi connectivity index (χ0v) is 21.6. The first kappa shape index (κ1) is 22.1. The van der Waals surface area contributed by atoms with E-state index in [0.29, 0.717) is 10.1 Å². The van der Waals surface area contributed by atoms with Crippen LogP contribution in [-0.4, -0.2) is 15.6 Å². The van der Waals surface area contributed by atoms with Crippen LogP contribution in [0.4, 0.5) is 5.69 Å². The summed E-state index contributed by atoms with van der Waals surface area (Å²) >= 11 is 8.58. The maximum atomic E-state index is 12.6. The molecular formula is C24H21Br2N3OS. The molecule has 0 aliphatic carbocycles. The summed E-state index contributed by atoms with van der Waals surface area (Å²) in [4.78, 5) is 17.8. The highest BCUT2D eigenvalue weighted by Crippen LogP contribution is 2.36. The topological polar surface area (TPSA) is 46.4 Å². The molecule has 4 nitrogen and oxygen atoms in total.